The Balaban J connectivity index is 2.22. The SMILES string of the molecule is CCCC(NC(=O)[C@H](CC(C)C)NC(=O)[C@@H](NC(=O)OCC(C)C)C1CCN(C(=O)[C@H](CC(C)C)NS(C)(=O)=O)CC1)C(=O)C(=O)NCC(=O)N[C@H](C(=O)O)c1ccccc1. The predicted molar refractivity (Wildman–Crippen MR) is 225 cm³/mol. The molecule has 1 unspecified atom stereocenters. The first kappa shape index (κ1) is 52.0. The lowest BCUT2D eigenvalue weighted by atomic mass is 9.88. The average Bonchev–Trinajstić information content (AvgIpc) is 3.18. The first-order valence-electron chi connectivity index (χ1n) is 20.7. The summed E-state index contributed by atoms with van der Waals surface area (Å²) >= 11 is 0. The Morgan fingerprint density at radius 1 is 0.787 bits per heavy atom. The van der Waals surface area contributed by atoms with Crippen molar-refractivity contribution >= 4 is 57.4 Å². The summed E-state index contributed by atoms with van der Waals surface area (Å²) < 4.78 is 31.8. The van der Waals surface area contributed by atoms with Crippen molar-refractivity contribution in [2.75, 3.05) is 32.5 Å². The van der Waals surface area contributed by atoms with Crippen LogP contribution in [0.15, 0.2) is 30.3 Å². The predicted octanol–water partition coefficient (Wildman–Crippen LogP) is 1.38. The van der Waals surface area contributed by atoms with Crippen molar-refractivity contribution in [2.24, 2.45) is 23.7 Å². The number of piperidine rings is 1. The van der Waals surface area contributed by atoms with Crippen LogP contribution in [0.4, 0.5) is 4.79 Å². The fourth-order valence-corrected chi connectivity index (χ4v) is 7.47. The number of carbonyl (C=O) groups excluding carboxylic acids is 7. The zero-order valence-corrected chi connectivity index (χ0v) is 37.3. The summed E-state index contributed by atoms with van der Waals surface area (Å²) in [6.45, 7) is 12.4. The van der Waals surface area contributed by atoms with Crippen molar-refractivity contribution in [3.05, 3.63) is 35.9 Å². The minimum atomic E-state index is -3.70. The van der Waals surface area contributed by atoms with E-state index in [1.54, 1.807) is 25.1 Å². The van der Waals surface area contributed by atoms with Gasteiger partial charge in [0.1, 0.15) is 18.1 Å². The monoisotopic (exact) mass is 879 g/mol. The van der Waals surface area contributed by atoms with E-state index in [2.05, 4.69) is 31.3 Å². The van der Waals surface area contributed by atoms with Crippen molar-refractivity contribution in [1.29, 1.82) is 0 Å². The van der Waals surface area contributed by atoms with Crippen molar-refractivity contribution in [3.8, 4) is 0 Å². The molecule has 0 saturated carbocycles. The molecule has 1 aliphatic heterocycles. The molecule has 0 spiro atoms. The van der Waals surface area contributed by atoms with Gasteiger partial charge in [0.15, 0.2) is 6.04 Å². The number of nitrogens with zero attached hydrogens (tertiary/aromatic N) is 1. The van der Waals surface area contributed by atoms with Gasteiger partial charge < -0.3 is 41.3 Å². The Kier molecular flexibility index (Phi) is 21.3. The van der Waals surface area contributed by atoms with Crippen molar-refractivity contribution in [3.63, 3.8) is 0 Å². The van der Waals surface area contributed by atoms with Gasteiger partial charge in [-0.05, 0) is 61.3 Å². The van der Waals surface area contributed by atoms with E-state index in [0.717, 1.165) is 6.26 Å². The molecule has 1 aliphatic rings. The molecule has 2 rings (SSSR count). The maximum Gasteiger partial charge on any atom is 0.407 e. The van der Waals surface area contributed by atoms with E-state index in [0.29, 0.717) is 12.0 Å². The second-order valence-electron chi connectivity index (χ2n) is 16.7. The number of carbonyl (C=O) groups is 8. The van der Waals surface area contributed by atoms with E-state index >= 15 is 0 Å². The van der Waals surface area contributed by atoms with E-state index in [4.69, 9.17) is 4.74 Å². The highest BCUT2D eigenvalue weighted by molar-refractivity contribution is 7.88. The Hall–Kier alpha value is -5.11. The molecule has 1 heterocycles. The third-order valence-corrected chi connectivity index (χ3v) is 10.4. The van der Waals surface area contributed by atoms with Crippen LogP contribution in [0.5, 0.6) is 0 Å². The summed E-state index contributed by atoms with van der Waals surface area (Å²) in [6.07, 6.45) is 1.37. The topological polar surface area (TPSA) is 276 Å². The number of carboxylic acids is 1. The highest BCUT2D eigenvalue weighted by Gasteiger charge is 2.38. The summed E-state index contributed by atoms with van der Waals surface area (Å²) in [5.74, 6) is -7.04. The Morgan fingerprint density at radius 2 is 1.36 bits per heavy atom. The van der Waals surface area contributed by atoms with Crippen LogP contribution in [0.25, 0.3) is 0 Å². The molecular weight excluding hydrogens is 815 g/mol. The maximum absolute atomic E-state index is 14.1. The number of likely N-dealkylation sites (tertiary alicyclic amines) is 1. The molecule has 20 heteroatoms. The van der Waals surface area contributed by atoms with Crippen molar-refractivity contribution < 1.29 is 56.6 Å². The van der Waals surface area contributed by atoms with Gasteiger partial charge in [-0.1, -0.05) is 85.2 Å². The van der Waals surface area contributed by atoms with Gasteiger partial charge in [0.25, 0.3) is 5.91 Å². The average molecular weight is 880 g/mol. The molecule has 342 valence electrons. The zero-order valence-electron chi connectivity index (χ0n) is 36.4. The van der Waals surface area contributed by atoms with Crippen molar-refractivity contribution in [1.82, 2.24) is 36.2 Å². The van der Waals surface area contributed by atoms with E-state index < -0.39 is 100 Å². The summed E-state index contributed by atoms with van der Waals surface area (Å²) in [5.41, 5.74) is 0.293. The lowest BCUT2D eigenvalue weighted by Crippen LogP contribution is -2.59. The van der Waals surface area contributed by atoms with Crippen LogP contribution < -0.4 is 31.3 Å². The molecule has 1 aromatic carbocycles. The molecule has 19 nitrogen and oxygen atoms in total. The number of carboxylic acid groups (broad SMARTS) is 1. The molecule has 0 radical (unpaired) electrons. The zero-order chi connectivity index (χ0) is 46.0. The molecule has 1 saturated heterocycles. The largest absolute Gasteiger partial charge is 0.479 e. The van der Waals surface area contributed by atoms with Gasteiger partial charge in [0.05, 0.1) is 25.4 Å². The summed E-state index contributed by atoms with van der Waals surface area (Å²) in [6, 6.07) is 1.72. The third-order valence-electron chi connectivity index (χ3n) is 9.66. The first-order valence-corrected chi connectivity index (χ1v) is 22.6. The molecule has 5 atom stereocenters. The molecule has 61 heavy (non-hydrogen) atoms. The molecule has 1 fully saturated rings. The fraction of sp³-hybridized carbons (Fsp3) is 0.659. The number of alkyl carbamates (subject to hydrolysis) is 1. The van der Waals surface area contributed by atoms with E-state index in [1.807, 2.05) is 41.5 Å². The Labute approximate surface area is 358 Å². The number of aliphatic carboxylic acids is 1. The second-order valence-corrected chi connectivity index (χ2v) is 18.5. The molecule has 6 amide bonds. The number of hydrogen-bond acceptors (Lipinski definition) is 11. The van der Waals surface area contributed by atoms with Crippen LogP contribution in [0, 0.1) is 23.7 Å². The van der Waals surface area contributed by atoms with Gasteiger partial charge in [-0.3, -0.25) is 28.8 Å². The molecule has 1 aromatic rings. The molecule has 0 aromatic heterocycles. The minimum Gasteiger partial charge on any atom is -0.479 e. The van der Waals surface area contributed by atoms with Gasteiger partial charge in [-0.25, -0.2) is 22.7 Å². The van der Waals surface area contributed by atoms with Gasteiger partial charge in [-0.2, -0.15) is 0 Å². The fourth-order valence-electron chi connectivity index (χ4n) is 6.76. The number of Topliss-reactive ketones (excluding diaryl/α,β-unsaturated/α-hetero) is 1. The van der Waals surface area contributed by atoms with Crippen LogP contribution in [0.1, 0.15) is 98.6 Å². The number of ketones is 1. The second kappa shape index (κ2) is 25.0. The standard InChI is InChI=1S/C41H65N7O12S/c1-9-13-29(35(50)38(53)42-22-32(49)45-34(40(55)56)27-14-11-10-12-15-27)43-36(51)30(20-24(2)3)44-37(52)33(46-41(57)60-23-26(6)7)28-16-18-48(19-17-28)39(54)31(21-25(4)5)47-61(8,58)59/h10-12,14-15,24-26,28-31,33-34,47H,9,13,16-23H2,1-8H3,(H,42,53)(H,43,51)(H,44,52)(H,45,49)(H,46,57)(H,55,56)/t29?,30-,31-,33-,34-/m0/s1. The van der Waals surface area contributed by atoms with Crippen LogP contribution in [0.3, 0.4) is 0 Å². The number of ether oxygens (including phenoxy) is 1. The first-order chi connectivity index (χ1) is 28.5. The van der Waals surface area contributed by atoms with Gasteiger partial charge >= 0.3 is 12.1 Å². The number of benzene rings is 1. The number of hydrogen-bond donors (Lipinski definition) is 7. The Bertz CT molecular complexity index is 1780. The minimum absolute atomic E-state index is 0.00679. The third kappa shape index (κ3) is 18.6. The van der Waals surface area contributed by atoms with Gasteiger partial charge in [0, 0.05) is 13.1 Å². The van der Waals surface area contributed by atoms with E-state index in [1.165, 1.54) is 17.0 Å². The molecule has 0 aliphatic carbocycles. The van der Waals surface area contributed by atoms with E-state index in [9.17, 15) is 51.9 Å². The van der Waals surface area contributed by atoms with Crippen molar-refractivity contribution in [2.45, 2.75) is 117 Å². The summed E-state index contributed by atoms with van der Waals surface area (Å²) in [4.78, 5) is 107. The van der Waals surface area contributed by atoms with Crippen LogP contribution >= 0.6 is 0 Å². The lowest BCUT2D eigenvalue weighted by Gasteiger charge is -2.37. The molecule has 7 N–H and O–H groups in total. The summed E-state index contributed by atoms with van der Waals surface area (Å²) in [7, 11) is -3.70. The molecule has 0 bridgehead atoms. The quantitative estimate of drug-likeness (QED) is 0.0726. The number of nitrogens with one attached hydrogen (secondary N) is 6. The van der Waals surface area contributed by atoms with Gasteiger partial charge in [0.2, 0.25) is 39.4 Å². The smallest absolute Gasteiger partial charge is 0.407 e. The lowest BCUT2D eigenvalue weighted by molar-refractivity contribution is -0.142. The maximum atomic E-state index is 14.1. The summed E-state index contributed by atoms with van der Waals surface area (Å²) in [5, 5.41) is 22.0. The normalized spacial score (nSPS) is 15.8. The highest BCUT2D eigenvalue weighted by Crippen LogP contribution is 2.24. The number of rotatable bonds is 24. The molecular formula is C41H65N7O12S. The number of sulfonamides is 1. The van der Waals surface area contributed by atoms with E-state index in [-0.39, 0.29) is 69.6 Å². The van der Waals surface area contributed by atoms with Crippen LogP contribution in [-0.4, -0.2) is 122 Å². The Morgan fingerprint density at radius 3 is 1.89 bits per heavy atom. The van der Waals surface area contributed by atoms with Crippen LogP contribution in [0.2, 0.25) is 0 Å². The number of amides is 6. The highest BCUT2D eigenvalue weighted by atomic mass is 32.2. The van der Waals surface area contributed by atoms with Gasteiger partial charge in [-0.15, -0.1) is 0 Å². The van der Waals surface area contributed by atoms with Crippen LogP contribution in [-0.2, 0) is 48.3 Å².